The van der Waals surface area contributed by atoms with Gasteiger partial charge in [0.15, 0.2) is 0 Å². The van der Waals surface area contributed by atoms with Crippen LogP contribution < -0.4 is 0 Å². The van der Waals surface area contributed by atoms with Crippen LogP contribution in [-0.2, 0) is 11.3 Å². The summed E-state index contributed by atoms with van der Waals surface area (Å²) in [6, 6.07) is 5.75. The highest BCUT2D eigenvalue weighted by molar-refractivity contribution is 5.74. The summed E-state index contributed by atoms with van der Waals surface area (Å²) in [4.78, 5) is 19.8. The van der Waals surface area contributed by atoms with Crippen LogP contribution in [0.2, 0.25) is 0 Å². The van der Waals surface area contributed by atoms with E-state index in [4.69, 9.17) is 4.74 Å². The van der Waals surface area contributed by atoms with Gasteiger partial charge < -0.3 is 14.5 Å². The van der Waals surface area contributed by atoms with Crippen LogP contribution in [0.15, 0.2) is 24.4 Å². The van der Waals surface area contributed by atoms with E-state index in [-0.39, 0.29) is 6.03 Å². The predicted molar refractivity (Wildman–Crippen MR) is 63.5 cm³/mol. The van der Waals surface area contributed by atoms with Crippen molar-refractivity contribution < 1.29 is 9.53 Å². The van der Waals surface area contributed by atoms with Crippen LogP contribution >= 0.6 is 0 Å². The smallest absolute Gasteiger partial charge is 0.320 e. The zero-order valence-corrected chi connectivity index (χ0v) is 10.0. The third-order valence-corrected chi connectivity index (χ3v) is 2.73. The summed E-state index contributed by atoms with van der Waals surface area (Å²) in [5, 5.41) is 0. The van der Waals surface area contributed by atoms with Gasteiger partial charge in [-0.05, 0) is 12.1 Å². The van der Waals surface area contributed by atoms with E-state index in [0.29, 0.717) is 32.8 Å². The number of morpholine rings is 1. The average Bonchev–Trinajstić information content (AvgIpc) is 2.40. The first kappa shape index (κ1) is 11.9. The van der Waals surface area contributed by atoms with Crippen LogP contribution in [0.1, 0.15) is 5.69 Å². The van der Waals surface area contributed by atoms with Gasteiger partial charge in [-0.15, -0.1) is 0 Å². The second-order valence-electron chi connectivity index (χ2n) is 4.06. The molecule has 1 aliphatic rings. The SMILES string of the molecule is CN(Cc1ccccn1)C(=O)N1CCOCC1. The molecule has 0 unspecified atom stereocenters. The Morgan fingerprint density at radius 2 is 2.24 bits per heavy atom. The lowest BCUT2D eigenvalue weighted by molar-refractivity contribution is 0.0447. The molecular formula is C12H17N3O2. The largest absolute Gasteiger partial charge is 0.378 e. The fourth-order valence-electron chi connectivity index (χ4n) is 1.80. The summed E-state index contributed by atoms with van der Waals surface area (Å²) >= 11 is 0. The third-order valence-electron chi connectivity index (χ3n) is 2.73. The van der Waals surface area contributed by atoms with Gasteiger partial charge in [0, 0.05) is 26.3 Å². The van der Waals surface area contributed by atoms with Crippen LogP contribution in [0.25, 0.3) is 0 Å². The first-order chi connectivity index (χ1) is 8.27. The van der Waals surface area contributed by atoms with Crippen LogP contribution in [0.3, 0.4) is 0 Å². The Labute approximate surface area is 101 Å². The predicted octanol–water partition coefficient (Wildman–Crippen LogP) is 0.966. The number of ether oxygens (including phenoxy) is 1. The van der Waals surface area contributed by atoms with Gasteiger partial charge in [-0.3, -0.25) is 4.98 Å². The van der Waals surface area contributed by atoms with Gasteiger partial charge in [-0.25, -0.2) is 4.79 Å². The second-order valence-corrected chi connectivity index (χ2v) is 4.06. The lowest BCUT2D eigenvalue weighted by Gasteiger charge is -2.30. The number of hydrogen-bond donors (Lipinski definition) is 0. The molecule has 0 aromatic carbocycles. The maximum Gasteiger partial charge on any atom is 0.320 e. The number of amides is 2. The normalized spacial score (nSPS) is 15.7. The molecule has 1 aliphatic heterocycles. The molecule has 0 saturated carbocycles. The monoisotopic (exact) mass is 235 g/mol. The molecule has 0 bridgehead atoms. The molecule has 2 heterocycles. The molecule has 5 heteroatoms. The van der Waals surface area contributed by atoms with Crippen molar-refractivity contribution >= 4 is 6.03 Å². The number of nitrogens with zero attached hydrogens (tertiary/aromatic N) is 3. The van der Waals surface area contributed by atoms with Gasteiger partial charge in [0.05, 0.1) is 25.5 Å². The van der Waals surface area contributed by atoms with E-state index in [0.717, 1.165) is 5.69 Å². The maximum atomic E-state index is 12.1. The Hall–Kier alpha value is -1.62. The Kier molecular flexibility index (Phi) is 3.93. The average molecular weight is 235 g/mol. The highest BCUT2D eigenvalue weighted by atomic mass is 16.5. The van der Waals surface area contributed by atoms with Gasteiger partial charge in [-0.1, -0.05) is 6.07 Å². The van der Waals surface area contributed by atoms with Gasteiger partial charge in [0.2, 0.25) is 0 Å². The summed E-state index contributed by atoms with van der Waals surface area (Å²) in [5.74, 6) is 0. The molecule has 2 rings (SSSR count). The Bertz CT molecular complexity index is 363. The van der Waals surface area contributed by atoms with Crippen molar-refractivity contribution in [1.82, 2.24) is 14.8 Å². The van der Waals surface area contributed by atoms with Gasteiger partial charge >= 0.3 is 6.03 Å². The minimum atomic E-state index is 0.0407. The molecule has 1 fully saturated rings. The number of carbonyl (C=O) groups is 1. The molecule has 17 heavy (non-hydrogen) atoms. The number of carbonyl (C=O) groups excluding carboxylic acids is 1. The molecule has 0 aliphatic carbocycles. The number of urea groups is 1. The topological polar surface area (TPSA) is 45.7 Å². The Morgan fingerprint density at radius 3 is 2.88 bits per heavy atom. The molecule has 1 saturated heterocycles. The molecular weight excluding hydrogens is 218 g/mol. The van der Waals surface area contributed by atoms with Crippen LogP contribution in [0.5, 0.6) is 0 Å². The molecule has 0 N–H and O–H groups in total. The first-order valence-corrected chi connectivity index (χ1v) is 5.75. The van der Waals surface area contributed by atoms with Crippen LogP contribution in [-0.4, -0.2) is 54.2 Å². The quantitative estimate of drug-likeness (QED) is 0.767. The van der Waals surface area contributed by atoms with E-state index < -0.39 is 0 Å². The van der Waals surface area contributed by atoms with Gasteiger partial charge in [0.1, 0.15) is 0 Å². The molecule has 92 valence electrons. The second kappa shape index (κ2) is 5.63. The minimum absolute atomic E-state index is 0.0407. The number of hydrogen-bond acceptors (Lipinski definition) is 3. The molecule has 1 aromatic heterocycles. The van der Waals surface area contributed by atoms with E-state index >= 15 is 0 Å². The van der Waals surface area contributed by atoms with Crippen molar-refractivity contribution in [3.05, 3.63) is 30.1 Å². The van der Waals surface area contributed by atoms with Crippen molar-refractivity contribution in [3.8, 4) is 0 Å². The minimum Gasteiger partial charge on any atom is -0.378 e. The lowest BCUT2D eigenvalue weighted by atomic mass is 10.3. The Morgan fingerprint density at radius 1 is 1.47 bits per heavy atom. The van der Waals surface area contributed by atoms with Crippen LogP contribution in [0.4, 0.5) is 4.79 Å². The molecule has 1 aromatic rings. The summed E-state index contributed by atoms with van der Waals surface area (Å²) in [6.45, 7) is 3.14. The summed E-state index contributed by atoms with van der Waals surface area (Å²) < 4.78 is 5.22. The number of pyridine rings is 1. The van der Waals surface area contributed by atoms with Crippen molar-refractivity contribution in [1.29, 1.82) is 0 Å². The van der Waals surface area contributed by atoms with E-state index in [1.54, 1.807) is 18.1 Å². The molecule has 2 amide bonds. The van der Waals surface area contributed by atoms with Crippen molar-refractivity contribution in [2.45, 2.75) is 6.54 Å². The van der Waals surface area contributed by atoms with Crippen molar-refractivity contribution in [3.63, 3.8) is 0 Å². The molecule has 0 spiro atoms. The van der Waals surface area contributed by atoms with E-state index in [1.165, 1.54) is 0 Å². The van der Waals surface area contributed by atoms with E-state index in [1.807, 2.05) is 23.1 Å². The summed E-state index contributed by atoms with van der Waals surface area (Å²) in [7, 11) is 1.80. The number of aromatic nitrogens is 1. The highest BCUT2D eigenvalue weighted by Crippen LogP contribution is 2.05. The van der Waals surface area contributed by atoms with E-state index in [9.17, 15) is 4.79 Å². The van der Waals surface area contributed by atoms with E-state index in [2.05, 4.69) is 4.98 Å². The lowest BCUT2D eigenvalue weighted by Crippen LogP contribution is -2.46. The van der Waals surface area contributed by atoms with Crippen LogP contribution in [0, 0.1) is 0 Å². The molecule has 5 nitrogen and oxygen atoms in total. The standard InChI is InChI=1S/C12H17N3O2/c1-14(10-11-4-2-3-5-13-11)12(16)15-6-8-17-9-7-15/h2-5H,6-10H2,1H3. The van der Waals surface area contributed by atoms with Gasteiger partial charge in [-0.2, -0.15) is 0 Å². The maximum absolute atomic E-state index is 12.1. The summed E-state index contributed by atoms with van der Waals surface area (Å²) in [6.07, 6.45) is 1.74. The zero-order chi connectivity index (χ0) is 12.1. The van der Waals surface area contributed by atoms with Crippen molar-refractivity contribution in [2.75, 3.05) is 33.4 Å². The van der Waals surface area contributed by atoms with Crippen molar-refractivity contribution in [2.24, 2.45) is 0 Å². The van der Waals surface area contributed by atoms with Gasteiger partial charge in [0.25, 0.3) is 0 Å². The fourth-order valence-corrected chi connectivity index (χ4v) is 1.80. The molecule has 0 atom stereocenters. The molecule has 0 radical (unpaired) electrons. The highest BCUT2D eigenvalue weighted by Gasteiger charge is 2.20. The zero-order valence-electron chi connectivity index (χ0n) is 10.0. The fraction of sp³-hybridized carbons (Fsp3) is 0.500. The third kappa shape index (κ3) is 3.17. The number of rotatable bonds is 2. The first-order valence-electron chi connectivity index (χ1n) is 5.75. The Balaban J connectivity index is 1.90. The summed E-state index contributed by atoms with van der Waals surface area (Å²) in [5.41, 5.74) is 0.900.